The van der Waals surface area contributed by atoms with E-state index in [2.05, 4.69) is 12.0 Å². The number of alkyl halides is 1. The lowest BCUT2D eigenvalue weighted by molar-refractivity contribution is 0.105. The molecule has 0 radical (unpaired) electrons. The molecule has 1 aliphatic heterocycles. The van der Waals surface area contributed by atoms with Crippen LogP contribution in [0.25, 0.3) is 5.69 Å². The molecule has 0 amide bonds. The molecule has 0 N–H and O–H groups in total. The van der Waals surface area contributed by atoms with Gasteiger partial charge in [-0.3, -0.25) is 0 Å². The van der Waals surface area contributed by atoms with E-state index in [4.69, 9.17) is 16.3 Å². The molecule has 1 fully saturated rings. The van der Waals surface area contributed by atoms with Crippen LogP contribution in [-0.2, 0) is 4.74 Å². The second-order valence-corrected chi connectivity index (χ2v) is 5.45. The quantitative estimate of drug-likeness (QED) is 0.801. The number of hydrogen-bond donors (Lipinski definition) is 0. The fourth-order valence-corrected chi connectivity index (χ4v) is 3.02. The third-order valence-electron chi connectivity index (χ3n) is 3.75. The van der Waals surface area contributed by atoms with Crippen molar-refractivity contribution in [3.05, 3.63) is 48.3 Å². The van der Waals surface area contributed by atoms with Crippen LogP contribution >= 0.6 is 11.6 Å². The molecule has 3 atom stereocenters. The Morgan fingerprint density at radius 1 is 1.37 bits per heavy atom. The fourth-order valence-electron chi connectivity index (χ4n) is 2.58. The normalized spacial score (nSPS) is 24.5. The van der Waals surface area contributed by atoms with Gasteiger partial charge in [0.1, 0.15) is 0 Å². The van der Waals surface area contributed by atoms with Crippen LogP contribution in [0.15, 0.2) is 42.7 Å². The van der Waals surface area contributed by atoms with Gasteiger partial charge in [-0.25, -0.2) is 4.68 Å². The van der Waals surface area contributed by atoms with Crippen molar-refractivity contribution in [3.63, 3.8) is 0 Å². The molecular weight excluding hydrogens is 260 g/mol. The van der Waals surface area contributed by atoms with E-state index in [0.29, 0.717) is 5.92 Å². The first-order chi connectivity index (χ1) is 9.25. The molecule has 0 aliphatic carbocycles. The maximum atomic E-state index is 6.57. The van der Waals surface area contributed by atoms with Crippen LogP contribution in [0.2, 0.25) is 0 Å². The average Bonchev–Trinajstić information content (AvgIpc) is 3.08. The summed E-state index contributed by atoms with van der Waals surface area (Å²) in [6, 6.07) is 10.1. The number of hydrogen-bond acceptors (Lipinski definition) is 2. The van der Waals surface area contributed by atoms with Crippen molar-refractivity contribution in [2.45, 2.75) is 24.8 Å². The predicted octanol–water partition coefficient (Wildman–Crippen LogP) is 3.58. The molecule has 4 heteroatoms. The summed E-state index contributed by atoms with van der Waals surface area (Å²) >= 11 is 6.57. The third kappa shape index (κ3) is 2.53. The third-order valence-corrected chi connectivity index (χ3v) is 4.33. The van der Waals surface area contributed by atoms with E-state index in [1.54, 1.807) is 0 Å². The first kappa shape index (κ1) is 12.7. The second kappa shape index (κ2) is 5.35. The van der Waals surface area contributed by atoms with E-state index in [1.807, 2.05) is 47.4 Å². The summed E-state index contributed by atoms with van der Waals surface area (Å²) in [4.78, 5) is 0. The topological polar surface area (TPSA) is 27.1 Å². The van der Waals surface area contributed by atoms with Crippen molar-refractivity contribution in [2.75, 3.05) is 6.61 Å². The van der Waals surface area contributed by atoms with Crippen molar-refractivity contribution in [1.29, 1.82) is 0 Å². The van der Waals surface area contributed by atoms with E-state index in [9.17, 15) is 0 Å². The zero-order valence-corrected chi connectivity index (χ0v) is 11.6. The molecular formula is C15H17ClN2O. The lowest BCUT2D eigenvalue weighted by Gasteiger charge is -2.18. The molecule has 0 saturated carbocycles. The van der Waals surface area contributed by atoms with Crippen molar-refractivity contribution >= 4 is 11.6 Å². The van der Waals surface area contributed by atoms with Gasteiger partial charge in [-0.05, 0) is 25.5 Å². The molecule has 3 rings (SSSR count). The summed E-state index contributed by atoms with van der Waals surface area (Å²) in [6.45, 7) is 2.90. The average molecular weight is 277 g/mol. The van der Waals surface area contributed by atoms with E-state index >= 15 is 0 Å². The van der Waals surface area contributed by atoms with Crippen LogP contribution in [0, 0.1) is 5.92 Å². The molecule has 1 aromatic heterocycles. The number of nitrogens with zero attached hydrogens (tertiary/aromatic N) is 2. The molecule has 100 valence electrons. The molecule has 1 aliphatic rings. The van der Waals surface area contributed by atoms with Gasteiger partial charge in [0.15, 0.2) is 0 Å². The lowest BCUT2D eigenvalue weighted by Crippen LogP contribution is -2.16. The summed E-state index contributed by atoms with van der Waals surface area (Å²) in [7, 11) is 0. The maximum Gasteiger partial charge on any atom is 0.0669 e. The maximum absolute atomic E-state index is 6.57. The second-order valence-electron chi connectivity index (χ2n) is 4.98. The van der Waals surface area contributed by atoms with Crippen LogP contribution < -0.4 is 0 Å². The highest BCUT2D eigenvalue weighted by Crippen LogP contribution is 2.37. The Morgan fingerprint density at radius 3 is 2.84 bits per heavy atom. The number of aromatic nitrogens is 2. The Labute approximate surface area is 118 Å². The van der Waals surface area contributed by atoms with Gasteiger partial charge < -0.3 is 4.74 Å². The number of rotatable bonds is 3. The number of halogens is 1. The smallest absolute Gasteiger partial charge is 0.0669 e. The van der Waals surface area contributed by atoms with Crippen LogP contribution in [-0.4, -0.2) is 22.5 Å². The highest BCUT2D eigenvalue weighted by atomic mass is 35.5. The van der Waals surface area contributed by atoms with E-state index in [1.165, 1.54) is 0 Å². The van der Waals surface area contributed by atoms with Gasteiger partial charge in [0.05, 0.1) is 23.4 Å². The Morgan fingerprint density at radius 2 is 2.16 bits per heavy atom. The SMILES string of the molecule is CC1OCCC1C(Cl)c1cnn(-c2ccccc2)c1. The van der Waals surface area contributed by atoms with Gasteiger partial charge in [0.2, 0.25) is 0 Å². The molecule has 1 saturated heterocycles. The molecule has 19 heavy (non-hydrogen) atoms. The minimum Gasteiger partial charge on any atom is -0.378 e. The number of benzene rings is 1. The Kier molecular flexibility index (Phi) is 3.58. The zero-order valence-electron chi connectivity index (χ0n) is 10.9. The first-order valence-electron chi connectivity index (χ1n) is 6.61. The summed E-state index contributed by atoms with van der Waals surface area (Å²) in [5, 5.41) is 4.36. The molecule has 3 nitrogen and oxygen atoms in total. The zero-order chi connectivity index (χ0) is 13.2. The van der Waals surface area contributed by atoms with Gasteiger partial charge >= 0.3 is 0 Å². The molecule has 3 unspecified atom stereocenters. The molecule has 2 heterocycles. The number of ether oxygens (including phenoxy) is 1. The summed E-state index contributed by atoms with van der Waals surface area (Å²) in [5.74, 6) is 0.370. The minimum atomic E-state index is -0.0324. The van der Waals surface area contributed by atoms with Gasteiger partial charge in [0, 0.05) is 24.3 Å². The van der Waals surface area contributed by atoms with Gasteiger partial charge in [-0.2, -0.15) is 5.10 Å². The highest BCUT2D eigenvalue weighted by Gasteiger charge is 2.32. The number of para-hydroxylation sites is 1. The van der Waals surface area contributed by atoms with Crippen molar-refractivity contribution < 1.29 is 4.74 Å². The van der Waals surface area contributed by atoms with Crippen LogP contribution in [0.1, 0.15) is 24.3 Å². The van der Waals surface area contributed by atoms with E-state index < -0.39 is 0 Å². The first-order valence-corrected chi connectivity index (χ1v) is 7.05. The largest absolute Gasteiger partial charge is 0.378 e. The Balaban J connectivity index is 1.81. The predicted molar refractivity (Wildman–Crippen MR) is 75.7 cm³/mol. The minimum absolute atomic E-state index is 0.0324. The van der Waals surface area contributed by atoms with Crippen molar-refractivity contribution in [2.24, 2.45) is 5.92 Å². The summed E-state index contributed by atoms with van der Waals surface area (Å²) in [6.07, 6.45) is 5.11. The Bertz CT molecular complexity index is 540. The van der Waals surface area contributed by atoms with Gasteiger partial charge in [-0.15, -0.1) is 11.6 Å². The summed E-state index contributed by atoms with van der Waals surface area (Å²) < 4.78 is 7.45. The van der Waals surface area contributed by atoms with Crippen LogP contribution in [0.5, 0.6) is 0 Å². The van der Waals surface area contributed by atoms with Gasteiger partial charge in [0.25, 0.3) is 0 Å². The lowest BCUT2D eigenvalue weighted by atomic mass is 9.95. The van der Waals surface area contributed by atoms with E-state index in [-0.39, 0.29) is 11.5 Å². The van der Waals surface area contributed by atoms with Crippen LogP contribution in [0.3, 0.4) is 0 Å². The summed E-state index contributed by atoms with van der Waals surface area (Å²) in [5.41, 5.74) is 2.11. The standard InChI is InChI=1S/C15H17ClN2O/c1-11-14(7-8-19-11)15(16)12-9-17-18(10-12)13-5-3-2-4-6-13/h2-6,9-11,14-15H,7-8H2,1H3. The van der Waals surface area contributed by atoms with Crippen molar-refractivity contribution in [1.82, 2.24) is 9.78 Å². The molecule has 1 aromatic carbocycles. The van der Waals surface area contributed by atoms with E-state index in [0.717, 1.165) is 24.3 Å². The molecule has 0 bridgehead atoms. The van der Waals surface area contributed by atoms with Crippen LogP contribution in [0.4, 0.5) is 0 Å². The molecule has 2 aromatic rings. The monoisotopic (exact) mass is 276 g/mol. The van der Waals surface area contributed by atoms with Crippen molar-refractivity contribution in [3.8, 4) is 5.69 Å². The fraction of sp³-hybridized carbons (Fsp3) is 0.400. The Hall–Kier alpha value is -1.32. The highest BCUT2D eigenvalue weighted by molar-refractivity contribution is 6.21. The molecule has 0 spiro atoms. The van der Waals surface area contributed by atoms with Gasteiger partial charge in [-0.1, -0.05) is 18.2 Å².